The van der Waals surface area contributed by atoms with Gasteiger partial charge in [0.1, 0.15) is 0 Å². The van der Waals surface area contributed by atoms with Gasteiger partial charge in [-0.05, 0) is 57.2 Å². The van der Waals surface area contributed by atoms with Crippen molar-refractivity contribution in [3.05, 3.63) is 58.8 Å². The third kappa shape index (κ3) is 2.70. The third-order valence-corrected chi connectivity index (χ3v) is 4.32. The van der Waals surface area contributed by atoms with E-state index in [0.29, 0.717) is 5.92 Å². The van der Waals surface area contributed by atoms with Crippen LogP contribution in [-0.2, 0) is 6.42 Å². The molecule has 1 atom stereocenters. The highest BCUT2D eigenvalue weighted by atomic mass is 14.7. The van der Waals surface area contributed by atoms with Crippen LogP contribution in [-0.4, -0.2) is 5.71 Å². The maximum Gasteiger partial charge on any atom is 0.0401 e. The van der Waals surface area contributed by atoms with E-state index in [1.807, 2.05) is 0 Å². The molecule has 0 amide bonds. The van der Waals surface area contributed by atoms with Crippen LogP contribution in [0, 0.1) is 6.92 Å². The first-order valence-electron chi connectivity index (χ1n) is 6.97. The van der Waals surface area contributed by atoms with E-state index in [1.54, 1.807) is 6.20 Å². The molecule has 1 aromatic carbocycles. The van der Waals surface area contributed by atoms with E-state index in [2.05, 4.69) is 57.5 Å². The minimum Gasteiger partial charge on any atom is -0.262 e. The Morgan fingerprint density at radius 2 is 2.05 bits per heavy atom. The molecule has 1 heteroatoms. The fraction of sp³-hybridized carbons (Fsp3) is 0.389. The van der Waals surface area contributed by atoms with Gasteiger partial charge in [0.2, 0.25) is 0 Å². The summed E-state index contributed by atoms with van der Waals surface area (Å²) in [6.45, 7) is 12.3. The maximum absolute atomic E-state index is 4.31. The van der Waals surface area contributed by atoms with Gasteiger partial charge in [-0.1, -0.05) is 35.9 Å². The van der Waals surface area contributed by atoms with Crippen LogP contribution in [0.4, 0.5) is 0 Å². The van der Waals surface area contributed by atoms with Gasteiger partial charge in [0.15, 0.2) is 0 Å². The van der Waals surface area contributed by atoms with Crippen molar-refractivity contribution in [3.63, 3.8) is 0 Å². The smallest absolute Gasteiger partial charge is 0.0401 e. The van der Waals surface area contributed by atoms with Crippen LogP contribution < -0.4 is 0 Å². The van der Waals surface area contributed by atoms with Gasteiger partial charge in [-0.2, -0.15) is 0 Å². The fourth-order valence-corrected chi connectivity index (χ4v) is 2.98. The zero-order valence-electron chi connectivity index (χ0n) is 12.5. The number of aliphatic imine (C=N–C) groups is 1. The zero-order chi connectivity index (χ0) is 14.0. The third-order valence-electron chi connectivity index (χ3n) is 4.32. The highest BCUT2D eigenvalue weighted by Gasteiger charge is 2.24. The summed E-state index contributed by atoms with van der Waals surface area (Å²) in [5, 5.41) is 0. The molecule has 0 N–H and O–H groups in total. The molecule has 1 aliphatic carbocycles. The number of hydrogen-bond donors (Lipinski definition) is 0. The molecule has 0 spiro atoms. The lowest BCUT2D eigenvalue weighted by molar-refractivity contribution is 0.766. The van der Waals surface area contributed by atoms with Gasteiger partial charge in [0.25, 0.3) is 0 Å². The summed E-state index contributed by atoms with van der Waals surface area (Å²) >= 11 is 0. The van der Waals surface area contributed by atoms with Crippen LogP contribution in [0.5, 0.6) is 0 Å². The molecular formula is C18H23N. The molecule has 19 heavy (non-hydrogen) atoms. The van der Waals surface area contributed by atoms with Crippen molar-refractivity contribution in [1.82, 2.24) is 0 Å². The number of fused-ring (bicyclic) bond motifs is 1. The lowest BCUT2D eigenvalue weighted by Gasteiger charge is -2.16. The number of aryl methyl sites for hydroxylation is 2. The first kappa shape index (κ1) is 13.8. The average molecular weight is 253 g/mol. The molecule has 0 aliphatic heterocycles. The second-order valence-electron chi connectivity index (χ2n) is 5.50. The average Bonchev–Trinajstić information content (AvgIpc) is 2.80. The highest BCUT2D eigenvalue weighted by Crippen LogP contribution is 2.39. The summed E-state index contributed by atoms with van der Waals surface area (Å²) in [6, 6.07) is 6.87. The van der Waals surface area contributed by atoms with Gasteiger partial charge < -0.3 is 0 Å². The van der Waals surface area contributed by atoms with Gasteiger partial charge >= 0.3 is 0 Å². The molecular weight excluding hydrogens is 230 g/mol. The highest BCUT2D eigenvalue weighted by molar-refractivity contribution is 5.98. The van der Waals surface area contributed by atoms with Crippen LogP contribution in [0.25, 0.3) is 0 Å². The number of benzene rings is 1. The number of hydrogen-bond acceptors (Lipinski definition) is 1. The van der Waals surface area contributed by atoms with Gasteiger partial charge in [-0.3, -0.25) is 4.99 Å². The van der Waals surface area contributed by atoms with Crippen molar-refractivity contribution in [3.8, 4) is 0 Å². The second-order valence-corrected chi connectivity index (χ2v) is 5.50. The monoisotopic (exact) mass is 253 g/mol. The summed E-state index contributed by atoms with van der Waals surface area (Å²) in [6.07, 6.45) is 4.05. The molecule has 0 saturated heterocycles. The number of nitrogens with zero attached hydrogens (tertiary/aromatic N) is 1. The first-order chi connectivity index (χ1) is 9.04. The Hall–Kier alpha value is -1.63. The van der Waals surface area contributed by atoms with Crippen molar-refractivity contribution in [1.29, 1.82) is 0 Å². The van der Waals surface area contributed by atoms with Crippen molar-refractivity contribution in [2.75, 3.05) is 0 Å². The molecule has 1 aliphatic rings. The lowest BCUT2D eigenvalue weighted by atomic mass is 9.89. The molecule has 1 nitrogen and oxygen atoms in total. The molecule has 1 unspecified atom stereocenters. The van der Waals surface area contributed by atoms with E-state index < -0.39 is 0 Å². The molecule has 0 fully saturated rings. The summed E-state index contributed by atoms with van der Waals surface area (Å²) in [4.78, 5) is 4.31. The van der Waals surface area contributed by atoms with Crippen LogP contribution >= 0.6 is 0 Å². The van der Waals surface area contributed by atoms with Crippen molar-refractivity contribution < 1.29 is 0 Å². The SMILES string of the molecule is C=C/N=C(C)\C(C)=C(/C)C1CCc2cc(C)ccc21. The molecule has 100 valence electrons. The largest absolute Gasteiger partial charge is 0.262 e. The van der Waals surface area contributed by atoms with Gasteiger partial charge in [-0.15, -0.1) is 0 Å². The van der Waals surface area contributed by atoms with E-state index in [1.165, 1.54) is 40.7 Å². The standard InChI is InChI=1S/C18H23N/c1-6-19-15(5)13(3)14(4)17-10-8-16-11-12(2)7-9-18(16)17/h6-7,9,11,17H,1,8,10H2,2-5H3/b14-13+,19-15-. The second kappa shape index (κ2) is 5.56. The van der Waals surface area contributed by atoms with Crippen LogP contribution in [0.15, 0.2) is 47.1 Å². The fourth-order valence-electron chi connectivity index (χ4n) is 2.98. The lowest BCUT2D eigenvalue weighted by Crippen LogP contribution is -2.03. The summed E-state index contributed by atoms with van der Waals surface area (Å²) in [5.74, 6) is 0.561. The Bertz CT molecular complexity index is 561. The minimum absolute atomic E-state index is 0.561. The van der Waals surface area contributed by atoms with Crippen molar-refractivity contribution in [2.24, 2.45) is 4.99 Å². The Labute approximate surface area is 116 Å². The molecule has 0 bridgehead atoms. The molecule has 0 radical (unpaired) electrons. The van der Waals surface area contributed by atoms with Gasteiger partial charge in [-0.25, -0.2) is 0 Å². The molecule has 0 aromatic heterocycles. The molecule has 0 heterocycles. The molecule has 2 rings (SSSR count). The van der Waals surface area contributed by atoms with Crippen molar-refractivity contribution in [2.45, 2.75) is 46.5 Å². The first-order valence-corrected chi connectivity index (χ1v) is 6.97. The van der Waals surface area contributed by atoms with Crippen LogP contribution in [0.2, 0.25) is 0 Å². The summed E-state index contributed by atoms with van der Waals surface area (Å²) in [5.41, 5.74) is 8.23. The molecule has 0 saturated carbocycles. The maximum atomic E-state index is 4.31. The number of rotatable bonds is 3. The number of allylic oxidation sites excluding steroid dienone is 2. The van der Waals surface area contributed by atoms with E-state index in [9.17, 15) is 0 Å². The Kier molecular flexibility index (Phi) is 4.04. The normalized spacial score (nSPS) is 20.0. The predicted molar refractivity (Wildman–Crippen MR) is 83.9 cm³/mol. The molecule has 1 aromatic rings. The Morgan fingerprint density at radius 3 is 2.74 bits per heavy atom. The van der Waals surface area contributed by atoms with Crippen LogP contribution in [0.3, 0.4) is 0 Å². The van der Waals surface area contributed by atoms with Crippen LogP contribution in [0.1, 0.15) is 49.8 Å². The van der Waals surface area contributed by atoms with E-state index >= 15 is 0 Å². The quantitative estimate of drug-likeness (QED) is 0.675. The van der Waals surface area contributed by atoms with E-state index in [-0.39, 0.29) is 0 Å². The predicted octanol–water partition coefficient (Wildman–Crippen LogP) is 4.97. The van der Waals surface area contributed by atoms with E-state index in [0.717, 1.165) is 5.71 Å². The van der Waals surface area contributed by atoms with Crippen molar-refractivity contribution >= 4 is 5.71 Å². The zero-order valence-corrected chi connectivity index (χ0v) is 12.5. The van der Waals surface area contributed by atoms with Gasteiger partial charge in [0, 0.05) is 17.8 Å². The Balaban J connectivity index is 2.38. The van der Waals surface area contributed by atoms with E-state index in [4.69, 9.17) is 0 Å². The summed E-state index contributed by atoms with van der Waals surface area (Å²) in [7, 11) is 0. The summed E-state index contributed by atoms with van der Waals surface area (Å²) < 4.78 is 0. The minimum atomic E-state index is 0.561. The van der Waals surface area contributed by atoms with Gasteiger partial charge in [0.05, 0.1) is 0 Å². The Morgan fingerprint density at radius 1 is 1.32 bits per heavy atom. The topological polar surface area (TPSA) is 12.4 Å².